The molecule has 2 unspecified atom stereocenters. The number of amides is 1. The molecule has 2 N–H and O–H groups in total. The number of furan rings is 1. The van der Waals surface area contributed by atoms with Gasteiger partial charge in [0.2, 0.25) is 5.91 Å². The molecule has 1 saturated heterocycles. The number of nitrogens with one attached hydrogen (secondary N) is 1. The largest absolute Gasteiger partial charge is 0.466 e. The number of piperidine rings is 1. The minimum absolute atomic E-state index is 0.00150. The quantitative estimate of drug-likeness (QED) is 0.857. The molecule has 20 heavy (non-hydrogen) atoms. The summed E-state index contributed by atoms with van der Waals surface area (Å²) in [7, 11) is 0. The number of likely N-dealkylation sites (tertiary alicyclic amines) is 1. The van der Waals surface area contributed by atoms with Crippen molar-refractivity contribution in [2.24, 2.45) is 0 Å². The molecule has 1 fully saturated rings. The molecule has 1 aromatic rings. The first-order valence-electron chi connectivity index (χ1n) is 7.32. The van der Waals surface area contributed by atoms with Crippen molar-refractivity contribution >= 4 is 5.91 Å². The van der Waals surface area contributed by atoms with Crippen molar-refractivity contribution in [2.75, 3.05) is 19.6 Å². The summed E-state index contributed by atoms with van der Waals surface area (Å²) in [5, 5.41) is 13.2. The Morgan fingerprint density at radius 3 is 3.05 bits per heavy atom. The second kappa shape index (κ2) is 6.41. The van der Waals surface area contributed by atoms with E-state index >= 15 is 0 Å². The Morgan fingerprint density at radius 1 is 1.60 bits per heavy atom. The first-order valence-corrected chi connectivity index (χ1v) is 7.32. The van der Waals surface area contributed by atoms with Gasteiger partial charge in [0.05, 0.1) is 18.8 Å². The minimum atomic E-state index is -1.18. The van der Waals surface area contributed by atoms with Gasteiger partial charge in [0, 0.05) is 0 Å². The third kappa shape index (κ3) is 3.41. The lowest BCUT2D eigenvalue weighted by Crippen LogP contribution is -2.51. The molecular formula is C15H24N2O3. The van der Waals surface area contributed by atoms with E-state index in [9.17, 15) is 9.90 Å². The first kappa shape index (κ1) is 15.1. The predicted molar refractivity (Wildman–Crippen MR) is 76.2 cm³/mol. The Morgan fingerprint density at radius 2 is 2.40 bits per heavy atom. The van der Waals surface area contributed by atoms with E-state index in [1.807, 2.05) is 0 Å². The third-order valence-corrected chi connectivity index (χ3v) is 3.98. The zero-order valence-corrected chi connectivity index (χ0v) is 12.3. The molecule has 112 valence electrons. The van der Waals surface area contributed by atoms with Crippen molar-refractivity contribution in [3.63, 3.8) is 0 Å². The van der Waals surface area contributed by atoms with E-state index in [4.69, 9.17) is 4.42 Å². The summed E-state index contributed by atoms with van der Waals surface area (Å²) >= 11 is 0. The highest BCUT2D eigenvalue weighted by Crippen LogP contribution is 2.21. The van der Waals surface area contributed by atoms with E-state index in [0.717, 1.165) is 32.4 Å². The number of likely N-dealkylation sites (N-methyl/N-ethyl adjacent to an activating group) is 1. The molecular weight excluding hydrogens is 256 g/mol. The zero-order valence-electron chi connectivity index (χ0n) is 12.3. The fourth-order valence-corrected chi connectivity index (χ4v) is 2.72. The van der Waals surface area contributed by atoms with E-state index in [-0.39, 0.29) is 18.5 Å². The molecule has 0 radical (unpaired) electrons. The van der Waals surface area contributed by atoms with Crippen molar-refractivity contribution in [1.29, 1.82) is 0 Å². The molecule has 0 bridgehead atoms. The number of nitrogens with zero attached hydrogens (tertiary/aromatic N) is 1. The van der Waals surface area contributed by atoms with Gasteiger partial charge >= 0.3 is 0 Å². The van der Waals surface area contributed by atoms with Gasteiger partial charge in [0.15, 0.2) is 0 Å². The van der Waals surface area contributed by atoms with Gasteiger partial charge in [0.1, 0.15) is 11.4 Å². The summed E-state index contributed by atoms with van der Waals surface area (Å²) < 4.78 is 5.21. The lowest BCUT2D eigenvalue weighted by Gasteiger charge is -2.34. The van der Waals surface area contributed by atoms with Crippen LogP contribution in [0.25, 0.3) is 0 Å². The number of hydrogen-bond acceptors (Lipinski definition) is 4. The predicted octanol–water partition coefficient (Wildman–Crippen LogP) is 1.48. The van der Waals surface area contributed by atoms with Crippen LogP contribution in [0, 0.1) is 0 Å². The molecule has 0 aliphatic carbocycles. The molecule has 5 heteroatoms. The van der Waals surface area contributed by atoms with Gasteiger partial charge in [-0.1, -0.05) is 13.3 Å². The van der Waals surface area contributed by atoms with E-state index < -0.39 is 5.60 Å². The number of aliphatic hydroxyl groups is 1. The SMILES string of the molecule is CCN1CCCCC1C(=O)NCC(C)(O)c1ccco1. The maximum Gasteiger partial charge on any atom is 0.237 e. The van der Waals surface area contributed by atoms with Crippen molar-refractivity contribution in [1.82, 2.24) is 10.2 Å². The van der Waals surface area contributed by atoms with Crippen LogP contribution in [0.5, 0.6) is 0 Å². The summed E-state index contributed by atoms with van der Waals surface area (Å²) in [5.41, 5.74) is -1.18. The van der Waals surface area contributed by atoms with E-state index in [2.05, 4.69) is 17.1 Å². The Balaban J connectivity index is 1.91. The van der Waals surface area contributed by atoms with Gasteiger partial charge in [-0.15, -0.1) is 0 Å². The number of rotatable bonds is 5. The Labute approximate surface area is 119 Å². The Kier molecular flexibility index (Phi) is 4.83. The van der Waals surface area contributed by atoms with Gasteiger partial charge < -0.3 is 14.8 Å². The summed E-state index contributed by atoms with van der Waals surface area (Å²) in [4.78, 5) is 14.5. The van der Waals surface area contributed by atoms with Gasteiger partial charge in [-0.05, 0) is 45.0 Å². The molecule has 0 spiro atoms. The standard InChI is InChI=1S/C15H24N2O3/c1-3-17-9-5-4-7-12(17)14(18)16-11-15(2,19)13-8-6-10-20-13/h6,8,10,12,19H,3-5,7,9,11H2,1-2H3,(H,16,18). The lowest BCUT2D eigenvalue weighted by atomic mass is 10.00. The maximum atomic E-state index is 12.3. The first-order chi connectivity index (χ1) is 9.54. The van der Waals surface area contributed by atoms with Crippen LogP contribution in [-0.2, 0) is 10.4 Å². The Bertz CT molecular complexity index is 428. The molecule has 2 atom stereocenters. The molecule has 2 rings (SSSR count). The number of hydrogen-bond donors (Lipinski definition) is 2. The monoisotopic (exact) mass is 280 g/mol. The highest BCUT2D eigenvalue weighted by molar-refractivity contribution is 5.81. The normalized spacial score (nSPS) is 23.2. The smallest absolute Gasteiger partial charge is 0.237 e. The average Bonchev–Trinajstić information content (AvgIpc) is 3.00. The highest BCUT2D eigenvalue weighted by atomic mass is 16.4. The second-order valence-corrected chi connectivity index (χ2v) is 5.61. The molecule has 2 heterocycles. The van der Waals surface area contributed by atoms with E-state index in [1.165, 1.54) is 6.26 Å². The van der Waals surface area contributed by atoms with E-state index in [0.29, 0.717) is 5.76 Å². The van der Waals surface area contributed by atoms with Crippen LogP contribution in [0.1, 0.15) is 38.9 Å². The van der Waals surface area contributed by atoms with Gasteiger partial charge in [-0.25, -0.2) is 0 Å². The van der Waals surface area contributed by atoms with Crippen LogP contribution in [0.3, 0.4) is 0 Å². The van der Waals surface area contributed by atoms with Crippen LogP contribution in [-0.4, -0.2) is 41.6 Å². The maximum absolute atomic E-state index is 12.3. The van der Waals surface area contributed by atoms with Gasteiger partial charge in [-0.3, -0.25) is 9.69 Å². The van der Waals surface area contributed by atoms with Crippen molar-refractivity contribution < 1.29 is 14.3 Å². The molecule has 0 aromatic carbocycles. The molecule has 1 aromatic heterocycles. The molecule has 1 aliphatic rings. The summed E-state index contributed by atoms with van der Waals surface area (Å²) in [5.74, 6) is 0.465. The fraction of sp³-hybridized carbons (Fsp3) is 0.667. The van der Waals surface area contributed by atoms with Crippen molar-refractivity contribution in [3.05, 3.63) is 24.2 Å². The van der Waals surface area contributed by atoms with Crippen LogP contribution in [0.15, 0.2) is 22.8 Å². The van der Waals surface area contributed by atoms with Crippen molar-refractivity contribution in [3.8, 4) is 0 Å². The lowest BCUT2D eigenvalue weighted by molar-refractivity contribution is -0.128. The molecule has 0 saturated carbocycles. The van der Waals surface area contributed by atoms with Crippen molar-refractivity contribution in [2.45, 2.75) is 44.8 Å². The third-order valence-electron chi connectivity index (χ3n) is 3.98. The summed E-state index contributed by atoms with van der Waals surface area (Å²) in [6.07, 6.45) is 4.65. The zero-order chi connectivity index (χ0) is 14.6. The molecule has 5 nitrogen and oxygen atoms in total. The average molecular weight is 280 g/mol. The minimum Gasteiger partial charge on any atom is -0.466 e. The topological polar surface area (TPSA) is 65.7 Å². The fourth-order valence-electron chi connectivity index (χ4n) is 2.72. The summed E-state index contributed by atoms with van der Waals surface area (Å²) in [6, 6.07) is 3.37. The Hall–Kier alpha value is -1.33. The van der Waals surface area contributed by atoms with Crippen LogP contribution < -0.4 is 5.32 Å². The van der Waals surface area contributed by atoms with Crippen LogP contribution in [0.4, 0.5) is 0 Å². The molecule has 1 aliphatic heterocycles. The second-order valence-electron chi connectivity index (χ2n) is 5.61. The van der Waals surface area contributed by atoms with Crippen LogP contribution in [0.2, 0.25) is 0 Å². The van der Waals surface area contributed by atoms with E-state index in [1.54, 1.807) is 19.1 Å². The highest BCUT2D eigenvalue weighted by Gasteiger charge is 2.31. The van der Waals surface area contributed by atoms with Gasteiger partial charge in [0.25, 0.3) is 0 Å². The number of carbonyl (C=O) groups is 1. The van der Waals surface area contributed by atoms with Gasteiger partial charge in [-0.2, -0.15) is 0 Å². The number of carbonyl (C=O) groups excluding carboxylic acids is 1. The molecule has 1 amide bonds. The summed E-state index contributed by atoms with van der Waals surface area (Å²) in [6.45, 7) is 5.73. The van der Waals surface area contributed by atoms with Crippen LogP contribution >= 0.6 is 0 Å².